The van der Waals surface area contributed by atoms with Crippen molar-refractivity contribution in [2.75, 3.05) is 11.6 Å². The molecule has 0 radical (unpaired) electrons. The molecule has 0 saturated heterocycles. The van der Waals surface area contributed by atoms with E-state index in [-0.39, 0.29) is 16.9 Å². The topological polar surface area (TPSA) is 59.1 Å². The Bertz CT molecular complexity index is 697. The molecule has 0 spiro atoms. The lowest BCUT2D eigenvalue weighted by atomic mass is 10.1. The van der Waals surface area contributed by atoms with Crippen LogP contribution in [0.3, 0.4) is 0 Å². The fourth-order valence-electron chi connectivity index (χ4n) is 1.99. The minimum atomic E-state index is -3.28. The Morgan fingerprint density at radius 1 is 1.19 bits per heavy atom. The Balaban J connectivity index is 1.99. The van der Waals surface area contributed by atoms with Gasteiger partial charge in [0.1, 0.15) is 5.82 Å². The summed E-state index contributed by atoms with van der Waals surface area (Å²) < 4.78 is 35.5. The highest BCUT2D eigenvalue weighted by atomic mass is 32.2. The van der Waals surface area contributed by atoms with E-state index >= 15 is 0 Å². The van der Waals surface area contributed by atoms with Crippen LogP contribution in [0.1, 0.15) is 12.5 Å². The molecule has 21 heavy (non-hydrogen) atoms. The van der Waals surface area contributed by atoms with E-state index in [0.29, 0.717) is 0 Å². The smallest absolute Gasteiger partial charge is 0.192 e. The molecule has 112 valence electrons. The second kappa shape index (κ2) is 6.22. The monoisotopic (exact) mass is 308 g/mol. The molecule has 6 heteroatoms. The van der Waals surface area contributed by atoms with E-state index in [2.05, 4.69) is 10.3 Å². The fourth-order valence-corrected chi connectivity index (χ4v) is 2.55. The molecular weight excluding hydrogens is 291 g/mol. The number of pyridine rings is 1. The third kappa shape index (κ3) is 4.53. The van der Waals surface area contributed by atoms with E-state index in [1.165, 1.54) is 24.4 Å². The Hall–Kier alpha value is -1.95. The van der Waals surface area contributed by atoms with Crippen LogP contribution in [0.4, 0.5) is 10.1 Å². The number of benzene rings is 1. The van der Waals surface area contributed by atoms with Crippen LogP contribution in [-0.2, 0) is 16.3 Å². The molecule has 1 N–H and O–H groups in total. The highest BCUT2D eigenvalue weighted by molar-refractivity contribution is 7.90. The largest absolute Gasteiger partial charge is 0.381 e. The number of anilines is 1. The van der Waals surface area contributed by atoms with Crippen molar-refractivity contribution in [2.45, 2.75) is 24.4 Å². The lowest BCUT2D eigenvalue weighted by molar-refractivity contribution is 0.598. The molecule has 0 aliphatic heterocycles. The third-order valence-corrected chi connectivity index (χ3v) is 3.99. The Labute approximate surface area is 124 Å². The number of aromatic nitrogens is 1. The molecule has 0 aliphatic carbocycles. The van der Waals surface area contributed by atoms with Gasteiger partial charge in [0.05, 0.1) is 11.9 Å². The second-order valence-electron chi connectivity index (χ2n) is 5.03. The molecule has 2 aromatic rings. The Morgan fingerprint density at radius 3 is 2.38 bits per heavy atom. The molecule has 4 nitrogen and oxygen atoms in total. The van der Waals surface area contributed by atoms with E-state index in [1.807, 2.05) is 6.92 Å². The van der Waals surface area contributed by atoms with Gasteiger partial charge in [-0.2, -0.15) is 0 Å². The van der Waals surface area contributed by atoms with Gasteiger partial charge in [0, 0.05) is 12.3 Å². The van der Waals surface area contributed by atoms with Crippen LogP contribution < -0.4 is 5.32 Å². The van der Waals surface area contributed by atoms with Gasteiger partial charge >= 0.3 is 0 Å². The van der Waals surface area contributed by atoms with E-state index in [9.17, 15) is 12.8 Å². The standard InChI is InChI=1S/C15H17FN2O2S/c1-11(9-12-3-5-13(16)6-4-12)18-14-7-8-15(17-10-14)21(2,19)20/h3-8,10-11,18H,9H2,1-2H3. The second-order valence-corrected chi connectivity index (χ2v) is 7.00. The van der Waals surface area contributed by atoms with Crippen molar-refractivity contribution in [3.63, 3.8) is 0 Å². The van der Waals surface area contributed by atoms with Crippen molar-refractivity contribution < 1.29 is 12.8 Å². The van der Waals surface area contributed by atoms with Crippen LogP contribution in [0.2, 0.25) is 0 Å². The zero-order valence-electron chi connectivity index (χ0n) is 11.9. The zero-order chi connectivity index (χ0) is 15.5. The van der Waals surface area contributed by atoms with Crippen molar-refractivity contribution in [2.24, 2.45) is 0 Å². The van der Waals surface area contributed by atoms with Gasteiger partial charge in [-0.3, -0.25) is 0 Å². The first kappa shape index (κ1) is 15.4. The summed E-state index contributed by atoms with van der Waals surface area (Å²) in [6, 6.07) is 9.64. The Kier molecular flexibility index (Phi) is 4.57. The number of sulfone groups is 1. The van der Waals surface area contributed by atoms with Crippen LogP contribution in [0.5, 0.6) is 0 Å². The predicted octanol–water partition coefficient (Wildman–Crippen LogP) is 2.67. The zero-order valence-corrected chi connectivity index (χ0v) is 12.7. The number of hydrogen-bond acceptors (Lipinski definition) is 4. The first-order valence-corrected chi connectivity index (χ1v) is 8.41. The van der Waals surface area contributed by atoms with Crippen molar-refractivity contribution in [3.05, 3.63) is 54.0 Å². The molecular formula is C15H17FN2O2S. The highest BCUT2D eigenvalue weighted by Gasteiger charge is 2.09. The van der Waals surface area contributed by atoms with Gasteiger partial charge in [0.15, 0.2) is 14.9 Å². The van der Waals surface area contributed by atoms with Gasteiger partial charge in [-0.15, -0.1) is 0 Å². The Morgan fingerprint density at radius 2 is 1.86 bits per heavy atom. The maximum atomic E-state index is 12.8. The average molecular weight is 308 g/mol. The number of rotatable bonds is 5. The van der Waals surface area contributed by atoms with Crippen molar-refractivity contribution in [1.82, 2.24) is 4.98 Å². The summed E-state index contributed by atoms with van der Waals surface area (Å²) in [6.45, 7) is 1.99. The van der Waals surface area contributed by atoms with Gasteiger partial charge < -0.3 is 5.32 Å². The molecule has 0 amide bonds. The van der Waals surface area contributed by atoms with Crippen molar-refractivity contribution in [3.8, 4) is 0 Å². The summed E-state index contributed by atoms with van der Waals surface area (Å²) in [5, 5.41) is 3.29. The van der Waals surface area contributed by atoms with Gasteiger partial charge in [-0.1, -0.05) is 12.1 Å². The van der Waals surface area contributed by atoms with Gasteiger partial charge in [0.2, 0.25) is 0 Å². The summed E-state index contributed by atoms with van der Waals surface area (Å²) in [5.41, 5.74) is 1.77. The first-order valence-electron chi connectivity index (χ1n) is 6.52. The van der Waals surface area contributed by atoms with Crippen molar-refractivity contribution in [1.29, 1.82) is 0 Å². The minimum absolute atomic E-state index is 0.0548. The molecule has 1 heterocycles. The average Bonchev–Trinajstić information content (AvgIpc) is 2.41. The molecule has 1 aromatic carbocycles. The normalized spacial score (nSPS) is 12.9. The molecule has 0 saturated carbocycles. The first-order chi connectivity index (χ1) is 9.84. The van der Waals surface area contributed by atoms with Crippen molar-refractivity contribution >= 4 is 15.5 Å². The van der Waals surface area contributed by atoms with Crippen LogP contribution in [-0.4, -0.2) is 25.7 Å². The summed E-state index contributed by atoms with van der Waals surface area (Å²) in [5.74, 6) is -0.250. The number of halogens is 1. The van der Waals surface area contributed by atoms with Crippen LogP contribution in [0.15, 0.2) is 47.6 Å². The molecule has 1 unspecified atom stereocenters. The summed E-state index contributed by atoms with van der Waals surface area (Å²) >= 11 is 0. The molecule has 1 aromatic heterocycles. The van der Waals surface area contributed by atoms with Gasteiger partial charge in [-0.25, -0.2) is 17.8 Å². The number of hydrogen-bond donors (Lipinski definition) is 1. The summed E-state index contributed by atoms with van der Waals surface area (Å²) in [4.78, 5) is 3.92. The third-order valence-electron chi connectivity index (χ3n) is 2.98. The SMILES string of the molecule is CC(Cc1ccc(F)cc1)Nc1ccc(S(C)(=O)=O)nc1. The predicted molar refractivity (Wildman–Crippen MR) is 80.5 cm³/mol. The van der Waals surface area contributed by atoms with Crippen LogP contribution >= 0.6 is 0 Å². The molecule has 0 bridgehead atoms. The van der Waals surface area contributed by atoms with E-state index in [1.54, 1.807) is 18.2 Å². The van der Waals surface area contributed by atoms with Gasteiger partial charge in [0.25, 0.3) is 0 Å². The lowest BCUT2D eigenvalue weighted by Crippen LogP contribution is -2.18. The maximum Gasteiger partial charge on any atom is 0.192 e. The van der Waals surface area contributed by atoms with E-state index in [4.69, 9.17) is 0 Å². The van der Waals surface area contributed by atoms with E-state index < -0.39 is 9.84 Å². The maximum absolute atomic E-state index is 12.8. The molecule has 0 aliphatic rings. The molecule has 0 fully saturated rings. The molecule has 1 atom stereocenters. The van der Waals surface area contributed by atoms with Crippen LogP contribution in [0, 0.1) is 5.82 Å². The highest BCUT2D eigenvalue weighted by Crippen LogP contribution is 2.13. The quantitative estimate of drug-likeness (QED) is 0.922. The van der Waals surface area contributed by atoms with E-state index in [0.717, 1.165) is 23.9 Å². The summed E-state index contributed by atoms with van der Waals surface area (Å²) in [6.07, 6.45) is 3.35. The fraction of sp³-hybridized carbons (Fsp3) is 0.267. The number of nitrogens with zero attached hydrogens (tertiary/aromatic N) is 1. The minimum Gasteiger partial charge on any atom is -0.381 e. The number of nitrogens with one attached hydrogen (secondary N) is 1. The molecule has 2 rings (SSSR count). The van der Waals surface area contributed by atoms with Crippen LogP contribution in [0.25, 0.3) is 0 Å². The lowest BCUT2D eigenvalue weighted by Gasteiger charge is -2.15. The summed E-state index contributed by atoms with van der Waals surface area (Å²) in [7, 11) is -3.28. The van der Waals surface area contributed by atoms with Gasteiger partial charge in [-0.05, 0) is 43.2 Å².